The van der Waals surface area contributed by atoms with E-state index in [4.69, 9.17) is 5.73 Å². The van der Waals surface area contributed by atoms with Gasteiger partial charge in [0.2, 0.25) is 0 Å². The van der Waals surface area contributed by atoms with Crippen molar-refractivity contribution in [3.63, 3.8) is 0 Å². The predicted octanol–water partition coefficient (Wildman–Crippen LogP) is -1.12. The molecule has 1 saturated heterocycles. The first-order chi connectivity index (χ1) is 5.08. The number of rotatable bonds is 1. The molecule has 1 rings (SSSR count). The maximum Gasteiger partial charge on any atom is 0.156 e. The molecular weight excluding hydrogens is 166 g/mol. The first-order valence-corrected chi connectivity index (χ1v) is 5.39. The molecular formula is C6H13NO3S. The Morgan fingerprint density at radius 2 is 2.18 bits per heavy atom. The van der Waals surface area contributed by atoms with E-state index in [1.807, 2.05) is 0 Å². The molecule has 0 aromatic heterocycles. The second-order valence-electron chi connectivity index (χ2n) is 2.85. The third kappa shape index (κ3) is 1.72. The van der Waals surface area contributed by atoms with Crippen LogP contribution in [0.1, 0.15) is 12.8 Å². The topological polar surface area (TPSA) is 80.4 Å². The lowest BCUT2D eigenvalue weighted by Crippen LogP contribution is -2.44. The molecule has 0 aliphatic carbocycles. The lowest BCUT2D eigenvalue weighted by Gasteiger charge is -2.26. The van der Waals surface area contributed by atoms with E-state index in [2.05, 4.69) is 0 Å². The average Bonchev–Trinajstić information content (AvgIpc) is 1.86. The van der Waals surface area contributed by atoms with Crippen LogP contribution in [-0.4, -0.2) is 37.2 Å². The maximum absolute atomic E-state index is 11.2. The van der Waals surface area contributed by atoms with Gasteiger partial charge in [0.1, 0.15) is 0 Å². The maximum atomic E-state index is 11.2. The molecule has 11 heavy (non-hydrogen) atoms. The summed E-state index contributed by atoms with van der Waals surface area (Å²) in [7, 11) is -3.10. The molecule has 0 saturated carbocycles. The minimum absolute atomic E-state index is 0.0312. The Hall–Kier alpha value is -0.130. The zero-order valence-electron chi connectivity index (χ0n) is 6.23. The first kappa shape index (κ1) is 8.96. The molecule has 0 aromatic rings. The van der Waals surface area contributed by atoms with Crippen molar-refractivity contribution >= 4 is 9.84 Å². The van der Waals surface area contributed by atoms with E-state index in [1.54, 1.807) is 0 Å². The Kier molecular flexibility index (Phi) is 2.51. The van der Waals surface area contributed by atoms with Crippen LogP contribution < -0.4 is 5.73 Å². The lowest BCUT2D eigenvalue weighted by molar-refractivity contribution is 0.153. The van der Waals surface area contributed by atoms with Gasteiger partial charge in [-0.25, -0.2) is 8.42 Å². The summed E-state index contributed by atoms with van der Waals surface area (Å²) >= 11 is 0. The van der Waals surface area contributed by atoms with Gasteiger partial charge in [-0.15, -0.1) is 0 Å². The molecule has 2 atom stereocenters. The molecule has 3 N–H and O–H groups in total. The smallest absolute Gasteiger partial charge is 0.156 e. The van der Waals surface area contributed by atoms with Crippen molar-refractivity contribution in [2.75, 3.05) is 12.3 Å². The van der Waals surface area contributed by atoms with Gasteiger partial charge in [-0.2, -0.15) is 0 Å². The van der Waals surface area contributed by atoms with Crippen molar-refractivity contribution in [2.24, 2.45) is 5.73 Å². The summed E-state index contributed by atoms with van der Waals surface area (Å²) in [5.41, 5.74) is 5.23. The Morgan fingerprint density at radius 3 is 2.55 bits per heavy atom. The molecule has 66 valence electrons. The van der Waals surface area contributed by atoms with Crippen LogP contribution in [-0.2, 0) is 9.84 Å². The third-order valence-corrected chi connectivity index (χ3v) is 4.34. The summed E-state index contributed by atoms with van der Waals surface area (Å²) in [6.07, 6.45) is 0.361. The van der Waals surface area contributed by atoms with E-state index in [9.17, 15) is 13.5 Å². The van der Waals surface area contributed by atoms with E-state index in [0.29, 0.717) is 12.8 Å². The highest BCUT2D eigenvalue weighted by molar-refractivity contribution is 7.92. The second kappa shape index (κ2) is 3.08. The van der Waals surface area contributed by atoms with Gasteiger partial charge in [0.15, 0.2) is 9.84 Å². The quantitative estimate of drug-likeness (QED) is 0.534. The van der Waals surface area contributed by atoms with E-state index in [0.717, 1.165) is 0 Å². The summed E-state index contributed by atoms with van der Waals surface area (Å²) in [5.74, 6) is 0.173. The molecule has 1 fully saturated rings. The summed E-state index contributed by atoms with van der Waals surface area (Å²) in [6, 6.07) is 0. The Bertz CT molecular complexity index is 224. The normalized spacial score (nSPS) is 36.9. The molecule has 2 unspecified atom stereocenters. The fraction of sp³-hybridized carbons (Fsp3) is 1.00. The molecule has 1 aliphatic rings. The molecule has 1 aliphatic heterocycles. The van der Waals surface area contributed by atoms with Crippen LogP contribution in [0.4, 0.5) is 0 Å². The molecule has 1 heterocycles. The van der Waals surface area contributed by atoms with Gasteiger partial charge in [0.05, 0.1) is 17.1 Å². The third-order valence-electron chi connectivity index (χ3n) is 2.05. The van der Waals surface area contributed by atoms with Gasteiger partial charge in [-0.3, -0.25) is 0 Å². The second-order valence-corrected chi connectivity index (χ2v) is 5.19. The van der Waals surface area contributed by atoms with E-state index in [-0.39, 0.29) is 12.3 Å². The van der Waals surface area contributed by atoms with Crippen LogP contribution in [0.2, 0.25) is 0 Å². The fourth-order valence-corrected chi connectivity index (χ4v) is 3.15. The van der Waals surface area contributed by atoms with Gasteiger partial charge in [-0.05, 0) is 12.8 Å². The van der Waals surface area contributed by atoms with Gasteiger partial charge >= 0.3 is 0 Å². The fourth-order valence-electron chi connectivity index (χ4n) is 1.37. The van der Waals surface area contributed by atoms with Crippen molar-refractivity contribution in [3.8, 4) is 0 Å². The number of nitrogens with two attached hydrogens (primary N) is 1. The minimum atomic E-state index is -3.10. The van der Waals surface area contributed by atoms with Crippen molar-refractivity contribution < 1.29 is 13.5 Å². The van der Waals surface area contributed by atoms with E-state index >= 15 is 0 Å². The Morgan fingerprint density at radius 1 is 1.55 bits per heavy atom. The van der Waals surface area contributed by atoms with Crippen LogP contribution >= 0.6 is 0 Å². The summed E-state index contributed by atoms with van der Waals surface area (Å²) in [6.45, 7) is 0.0312. The SMILES string of the molecule is NCC1C(O)CCCS1(=O)=O. The van der Waals surface area contributed by atoms with E-state index in [1.165, 1.54) is 0 Å². The number of sulfone groups is 1. The van der Waals surface area contributed by atoms with Gasteiger partial charge in [0, 0.05) is 6.54 Å². The van der Waals surface area contributed by atoms with Crippen LogP contribution in [0.5, 0.6) is 0 Å². The highest BCUT2D eigenvalue weighted by Crippen LogP contribution is 2.18. The molecule has 0 amide bonds. The molecule has 0 bridgehead atoms. The highest BCUT2D eigenvalue weighted by atomic mass is 32.2. The van der Waals surface area contributed by atoms with Crippen molar-refractivity contribution in [1.82, 2.24) is 0 Å². The van der Waals surface area contributed by atoms with Gasteiger partial charge in [0.25, 0.3) is 0 Å². The zero-order valence-corrected chi connectivity index (χ0v) is 7.05. The molecule has 0 spiro atoms. The van der Waals surface area contributed by atoms with Crippen LogP contribution in [0.25, 0.3) is 0 Å². The monoisotopic (exact) mass is 179 g/mol. The molecule has 0 radical (unpaired) electrons. The summed E-state index contributed by atoms with van der Waals surface area (Å²) in [5, 5.41) is 8.52. The Balaban J connectivity index is 2.81. The Labute approximate surface area is 66.3 Å². The minimum Gasteiger partial charge on any atom is -0.392 e. The van der Waals surface area contributed by atoms with Crippen LogP contribution in [0.15, 0.2) is 0 Å². The van der Waals surface area contributed by atoms with Crippen molar-refractivity contribution in [1.29, 1.82) is 0 Å². The number of hydrogen-bond acceptors (Lipinski definition) is 4. The standard InChI is InChI=1S/C6H13NO3S/c7-4-6-5(8)2-1-3-11(6,9)10/h5-6,8H,1-4,7H2. The van der Waals surface area contributed by atoms with Crippen LogP contribution in [0.3, 0.4) is 0 Å². The molecule has 5 heteroatoms. The first-order valence-electron chi connectivity index (χ1n) is 3.67. The van der Waals surface area contributed by atoms with E-state index < -0.39 is 21.2 Å². The molecule has 0 aromatic carbocycles. The number of aliphatic hydroxyl groups excluding tert-OH is 1. The number of hydrogen-bond donors (Lipinski definition) is 2. The van der Waals surface area contributed by atoms with Crippen molar-refractivity contribution in [3.05, 3.63) is 0 Å². The number of aliphatic hydroxyl groups is 1. The zero-order chi connectivity index (χ0) is 8.48. The predicted molar refractivity (Wildman–Crippen MR) is 41.9 cm³/mol. The summed E-state index contributed by atoms with van der Waals surface area (Å²) in [4.78, 5) is 0. The summed E-state index contributed by atoms with van der Waals surface area (Å²) < 4.78 is 22.4. The van der Waals surface area contributed by atoms with Crippen LogP contribution in [0, 0.1) is 0 Å². The van der Waals surface area contributed by atoms with Gasteiger partial charge < -0.3 is 10.8 Å². The lowest BCUT2D eigenvalue weighted by atomic mass is 10.1. The largest absolute Gasteiger partial charge is 0.392 e. The average molecular weight is 179 g/mol. The van der Waals surface area contributed by atoms with Gasteiger partial charge in [-0.1, -0.05) is 0 Å². The van der Waals surface area contributed by atoms with Crippen molar-refractivity contribution in [2.45, 2.75) is 24.2 Å². The molecule has 4 nitrogen and oxygen atoms in total. The highest BCUT2D eigenvalue weighted by Gasteiger charge is 2.34.